The van der Waals surface area contributed by atoms with Crippen LogP contribution in [0.4, 0.5) is 5.69 Å². The molecule has 0 radical (unpaired) electrons. The molecule has 0 aliphatic carbocycles. The second kappa shape index (κ2) is 4.66. The molecule has 8 heteroatoms. The van der Waals surface area contributed by atoms with E-state index in [-0.39, 0.29) is 24.4 Å². The lowest BCUT2D eigenvalue weighted by molar-refractivity contribution is -0.117. The molecule has 2 heterocycles. The van der Waals surface area contributed by atoms with Crippen LogP contribution in [0.5, 0.6) is 0 Å². The molecule has 0 spiro atoms. The lowest BCUT2D eigenvalue weighted by Gasteiger charge is -2.17. The van der Waals surface area contributed by atoms with E-state index >= 15 is 0 Å². The first-order chi connectivity index (χ1) is 8.43. The van der Waals surface area contributed by atoms with Gasteiger partial charge in [-0.25, -0.2) is 8.42 Å². The van der Waals surface area contributed by atoms with Gasteiger partial charge in [0.1, 0.15) is 5.25 Å². The molecule has 0 bridgehead atoms. The van der Waals surface area contributed by atoms with E-state index in [1.165, 1.54) is 23.4 Å². The summed E-state index contributed by atoms with van der Waals surface area (Å²) in [5.74, 6) is -0.376. The van der Waals surface area contributed by atoms with Crippen LogP contribution in [0.2, 0.25) is 0 Å². The molecule has 96 valence electrons. The summed E-state index contributed by atoms with van der Waals surface area (Å²) in [6, 6.07) is 1.49. The highest BCUT2D eigenvalue weighted by atomic mass is 35.7. The molecule has 0 saturated carbocycles. The topological polar surface area (TPSA) is 84.4 Å². The Balaban J connectivity index is 2.36. The maximum atomic E-state index is 11.8. The van der Waals surface area contributed by atoms with E-state index in [2.05, 4.69) is 4.98 Å². The summed E-state index contributed by atoms with van der Waals surface area (Å²) in [4.78, 5) is 27.6. The van der Waals surface area contributed by atoms with E-state index in [4.69, 9.17) is 10.7 Å². The van der Waals surface area contributed by atoms with Gasteiger partial charge in [-0.3, -0.25) is 14.6 Å². The Morgan fingerprint density at radius 1 is 1.50 bits per heavy atom. The van der Waals surface area contributed by atoms with Crippen molar-refractivity contribution in [2.45, 2.75) is 11.7 Å². The fourth-order valence-corrected chi connectivity index (χ4v) is 2.86. The van der Waals surface area contributed by atoms with Gasteiger partial charge in [0.25, 0.3) is 0 Å². The summed E-state index contributed by atoms with van der Waals surface area (Å²) in [5.41, 5.74) is 0.589. The second-order valence-corrected chi connectivity index (χ2v) is 6.77. The quantitative estimate of drug-likeness (QED) is 0.599. The van der Waals surface area contributed by atoms with Gasteiger partial charge in [0.15, 0.2) is 6.29 Å². The van der Waals surface area contributed by atoms with Crippen LogP contribution in [0, 0.1) is 0 Å². The minimum Gasteiger partial charge on any atom is -0.310 e. The van der Waals surface area contributed by atoms with Gasteiger partial charge in [-0.15, -0.1) is 0 Å². The number of nitrogens with zero attached hydrogens (tertiary/aromatic N) is 2. The van der Waals surface area contributed by atoms with E-state index in [1.807, 2.05) is 0 Å². The van der Waals surface area contributed by atoms with Gasteiger partial charge < -0.3 is 4.90 Å². The molecular formula is C10H9ClN2O4S. The zero-order valence-electron chi connectivity index (χ0n) is 9.11. The SMILES string of the molecule is O=Cc1cnccc1N1CC(S(=O)(=O)Cl)CC1=O. The number of pyridine rings is 1. The average Bonchev–Trinajstić information content (AvgIpc) is 2.71. The lowest BCUT2D eigenvalue weighted by Crippen LogP contribution is -2.27. The van der Waals surface area contributed by atoms with Crippen molar-refractivity contribution in [1.29, 1.82) is 0 Å². The van der Waals surface area contributed by atoms with Gasteiger partial charge in [-0.1, -0.05) is 0 Å². The van der Waals surface area contributed by atoms with E-state index in [0.717, 1.165) is 0 Å². The Bertz CT molecular complexity index is 602. The predicted molar refractivity (Wildman–Crippen MR) is 65.2 cm³/mol. The molecule has 1 amide bonds. The normalized spacial score (nSPS) is 20.2. The molecule has 0 N–H and O–H groups in total. The van der Waals surface area contributed by atoms with Crippen LogP contribution >= 0.6 is 10.7 Å². The van der Waals surface area contributed by atoms with Crippen molar-refractivity contribution in [3.63, 3.8) is 0 Å². The highest BCUT2D eigenvalue weighted by Gasteiger charge is 2.38. The molecule has 1 aliphatic heterocycles. The number of hydrogen-bond acceptors (Lipinski definition) is 5. The first kappa shape index (κ1) is 13.0. The van der Waals surface area contributed by atoms with Crippen molar-refractivity contribution >= 4 is 37.6 Å². The van der Waals surface area contributed by atoms with Crippen molar-refractivity contribution in [3.05, 3.63) is 24.0 Å². The molecule has 1 saturated heterocycles. The largest absolute Gasteiger partial charge is 0.310 e. The fraction of sp³-hybridized carbons (Fsp3) is 0.300. The van der Waals surface area contributed by atoms with Crippen LogP contribution in [-0.2, 0) is 13.8 Å². The highest BCUT2D eigenvalue weighted by molar-refractivity contribution is 8.14. The Hall–Kier alpha value is -1.47. The minimum atomic E-state index is -3.79. The van der Waals surface area contributed by atoms with Gasteiger partial charge in [-0.05, 0) is 6.07 Å². The molecule has 2 rings (SSSR count). The molecule has 6 nitrogen and oxygen atoms in total. The zero-order valence-corrected chi connectivity index (χ0v) is 10.7. The average molecular weight is 289 g/mol. The Morgan fingerprint density at radius 2 is 2.22 bits per heavy atom. The number of hydrogen-bond donors (Lipinski definition) is 0. The summed E-state index contributed by atoms with van der Waals surface area (Å²) >= 11 is 0. The summed E-state index contributed by atoms with van der Waals surface area (Å²) < 4.78 is 22.4. The van der Waals surface area contributed by atoms with E-state index in [0.29, 0.717) is 12.0 Å². The van der Waals surface area contributed by atoms with Crippen LogP contribution in [0.15, 0.2) is 18.5 Å². The van der Waals surface area contributed by atoms with E-state index in [9.17, 15) is 18.0 Å². The summed E-state index contributed by atoms with van der Waals surface area (Å²) in [6.07, 6.45) is 3.14. The molecular weight excluding hydrogens is 280 g/mol. The van der Waals surface area contributed by atoms with Crippen molar-refractivity contribution in [1.82, 2.24) is 4.98 Å². The van der Waals surface area contributed by atoms with Crippen molar-refractivity contribution in [2.24, 2.45) is 0 Å². The standard InChI is InChI=1S/C10H9ClN2O4S/c11-18(16,17)8-3-10(15)13(5-8)9-1-2-12-4-7(9)6-14/h1-2,4,6,8H,3,5H2. The van der Waals surface area contributed by atoms with E-state index < -0.39 is 14.3 Å². The lowest BCUT2D eigenvalue weighted by atomic mass is 10.2. The summed E-state index contributed by atoms with van der Waals surface area (Å²) in [5, 5.41) is -0.945. The molecule has 1 fully saturated rings. The Kier molecular flexibility index (Phi) is 3.36. The predicted octanol–water partition coefficient (Wildman–Crippen LogP) is 0.568. The third-order valence-corrected chi connectivity index (χ3v) is 4.60. The van der Waals surface area contributed by atoms with Crippen molar-refractivity contribution in [3.8, 4) is 0 Å². The number of amides is 1. The van der Waals surface area contributed by atoms with Crippen LogP contribution in [0.1, 0.15) is 16.8 Å². The van der Waals surface area contributed by atoms with Crippen molar-refractivity contribution < 1.29 is 18.0 Å². The Morgan fingerprint density at radius 3 is 2.78 bits per heavy atom. The highest BCUT2D eigenvalue weighted by Crippen LogP contribution is 2.28. The van der Waals surface area contributed by atoms with Crippen LogP contribution in [-0.4, -0.2) is 37.4 Å². The van der Waals surface area contributed by atoms with Gasteiger partial charge in [-0.2, -0.15) is 0 Å². The van der Waals surface area contributed by atoms with Gasteiger partial charge >= 0.3 is 0 Å². The number of aldehydes is 1. The molecule has 1 aromatic heterocycles. The minimum absolute atomic E-state index is 0.0461. The molecule has 18 heavy (non-hydrogen) atoms. The van der Waals surface area contributed by atoms with Crippen LogP contribution in [0.3, 0.4) is 0 Å². The maximum absolute atomic E-state index is 11.8. The fourth-order valence-electron chi connectivity index (χ4n) is 1.83. The summed E-state index contributed by atoms with van der Waals surface area (Å²) in [7, 11) is 1.45. The van der Waals surface area contributed by atoms with Crippen LogP contribution in [0.25, 0.3) is 0 Å². The van der Waals surface area contributed by atoms with Gasteiger partial charge in [0.2, 0.25) is 15.0 Å². The second-order valence-electron chi connectivity index (χ2n) is 3.86. The number of aromatic nitrogens is 1. The molecule has 1 aromatic rings. The molecule has 1 aliphatic rings. The van der Waals surface area contributed by atoms with Crippen LogP contribution < -0.4 is 4.90 Å². The first-order valence-corrected chi connectivity index (χ1v) is 7.43. The molecule has 1 unspecified atom stereocenters. The number of anilines is 1. The number of carbonyl (C=O) groups excluding carboxylic acids is 2. The Labute approximate surface area is 108 Å². The maximum Gasteiger partial charge on any atom is 0.237 e. The number of carbonyl (C=O) groups is 2. The third-order valence-electron chi connectivity index (χ3n) is 2.73. The molecule has 0 aromatic carbocycles. The number of rotatable bonds is 3. The number of halogens is 1. The van der Waals surface area contributed by atoms with Crippen molar-refractivity contribution in [2.75, 3.05) is 11.4 Å². The first-order valence-electron chi connectivity index (χ1n) is 5.06. The monoisotopic (exact) mass is 288 g/mol. The third kappa shape index (κ3) is 2.37. The summed E-state index contributed by atoms with van der Waals surface area (Å²) in [6.45, 7) is -0.0461. The zero-order chi connectivity index (χ0) is 13.3. The van der Waals surface area contributed by atoms with E-state index in [1.54, 1.807) is 0 Å². The smallest absolute Gasteiger partial charge is 0.237 e. The van der Waals surface area contributed by atoms with Gasteiger partial charge in [0, 0.05) is 36.0 Å². The van der Waals surface area contributed by atoms with Gasteiger partial charge in [0.05, 0.1) is 11.3 Å². The molecule has 1 atom stereocenters.